The molecule has 0 saturated heterocycles. The van der Waals surface area contributed by atoms with Crippen molar-refractivity contribution in [1.29, 1.82) is 0 Å². The minimum atomic E-state index is -0.432. The molecular formula is C15H18O2. The van der Waals surface area contributed by atoms with Crippen LogP contribution < -0.4 is 0 Å². The average molecular weight is 230 g/mol. The van der Waals surface area contributed by atoms with E-state index in [-0.39, 0.29) is 17.5 Å². The zero-order chi connectivity index (χ0) is 12.4. The first kappa shape index (κ1) is 12.0. The number of Topliss-reactive ketones (excluding diaryl/α,β-unsaturated/α-hetero) is 2. The molecule has 0 saturated carbocycles. The van der Waals surface area contributed by atoms with Gasteiger partial charge in [-0.1, -0.05) is 51.0 Å². The number of hydrogen-bond donors (Lipinski definition) is 0. The van der Waals surface area contributed by atoms with E-state index in [1.54, 1.807) is 12.1 Å². The number of carbonyl (C=O) groups is 2. The van der Waals surface area contributed by atoms with Crippen molar-refractivity contribution in [3.63, 3.8) is 0 Å². The first-order chi connectivity index (χ1) is 8.16. The Balaban J connectivity index is 2.24. The summed E-state index contributed by atoms with van der Waals surface area (Å²) in [5, 5.41) is 0. The number of fused-ring (bicyclic) bond motifs is 1. The van der Waals surface area contributed by atoms with E-state index in [9.17, 15) is 9.59 Å². The van der Waals surface area contributed by atoms with E-state index in [2.05, 4.69) is 6.92 Å². The Morgan fingerprint density at radius 2 is 1.65 bits per heavy atom. The van der Waals surface area contributed by atoms with Gasteiger partial charge in [0.25, 0.3) is 0 Å². The summed E-state index contributed by atoms with van der Waals surface area (Å²) in [5.41, 5.74) is 1.23. The van der Waals surface area contributed by atoms with E-state index in [1.807, 2.05) is 19.1 Å². The number of benzene rings is 1. The molecule has 90 valence electrons. The first-order valence-corrected chi connectivity index (χ1v) is 6.34. The Kier molecular flexibility index (Phi) is 3.41. The highest BCUT2D eigenvalue weighted by atomic mass is 16.2. The predicted octanol–water partition coefficient (Wildman–Crippen LogP) is 3.51. The minimum absolute atomic E-state index is 0.0224. The molecule has 1 aliphatic rings. The van der Waals surface area contributed by atoms with Crippen LogP contribution in [0.2, 0.25) is 0 Å². The molecule has 0 fully saturated rings. The van der Waals surface area contributed by atoms with Crippen molar-refractivity contribution in [1.82, 2.24) is 0 Å². The summed E-state index contributed by atoms with van der Waals surface area (Å²) < 4.78 is 0. The maximum Gasteiger partial charge on any atom is 0.174 e. The van der Waals surface area contributed by atoms with Crippen LogP contribution >= 0.6 is 0 Å². The standard InChI is InChI=1S/C15H18O2/c1-3-4-7-10(2)13-14(16)11-8-5-6-9-12(11)15(13)17/h5-6,8-10,13H,3-4,7H2,1-2H3. The molecule has 17 heavy (non-hydrogen) atoms. The van der Waals surface area contributed by atoms with E-state index in [4.69, 9.17) is 0 Å². The highest BCUT2D eigenvalue weighted by Crippen LogP contribution is 2.33. The van der Waals surface area contributed by atoms with Crippen LogP contribution in [0.15, 0.2) is 24.3 Å². The van der Waals surface area contributed by atoms with E-state index in [0.29, 0.717) is 11.1 Å². The molecule has 1 aliphatic carbocycles. The van der Waals surface area contributed by atoms with Crippen molar-refractivity contribution < 1.29 is 9.59 Å². The van der Waals surface area contributed by atoms with Crippen molar-refractivity contribution in [3.8, 4) is 0 Å². The molecular weight excluding hydrogens is 212 g/mol. The van der Waals surface area contributed by atoms with Gasteiger partial charge < -0.3 is 0 Å². The highest BCUT2D eigenvalue weighted by molar-refractivity contribution is 6.26. The summed E-state index contributed by atoms with van der Waals surface area (Å²) in [6, 6.07) is 7.18. The van der Waals surface area contributed by atoms with Gasteiger partial charge in [0.2, 0.25) is 0 Å². The summed E-state index contributed by atoms with van der Waals surface area (Å²) in [5.74, 6) is -0.232. The molecule has 1 aromatic carbocycles. The Hall–Kier alpha value is -1.44. The predicted molar refractivity (Wildman–Crippen MR) is 67.3 cm³/mol. The van der Waals surface area contributed by atoms with E-state index >= 15 is 0 Å². The maximum absolute atomic E-state index is 12.2. The van der Waals surface area contributed by atoms with Crippen LogP contribution in [0.4, 0.5) is 0 Å². The van der Waals surface area contributed by atoms with Gasteiger partial charge in [-0.2, -0.15) is 0 Å². The number of ketones is 2. The first-order valence-electron chi connectivity index (χ1n) is 6.34. The van der Waals surface area contributed by atoms with Crippen molar-refractivity contribution in [3.05, 3.63) is 35.4 Å². The lowest BCUT2D eigenvalue weighted by molar-refractivity contribution is 0.0786. The second kappa shape index (κ2) is 4.82. The number of unbranched alkanes of at least 4 members (excludes halogenated alkanes) is 1. The van der Waals surface area contributed by atoms with Crippen LogP contribution in [-0.2, 0) is 0 Å². The molecule has 2 heteroatoms. The normalized spacial score (nSPS) is 17.3. The SMILES string of the molecule is CCCCC(C)C1C(=O)c2ccccc2C1=O. The Morgan fingerprint density at radius 1 is 1.12 bits per heavy atom. The van der Waals surface area contributed by atoms with Crippen molar-refractivity contribution >= 4 is 11.6 Å². The molecule has 0 radical (unpaired) electrons. The van der Waals surface area contributed by atoms with Crippen LogP contribution in [0.1, 0.15) is 53.8 Å². The van der Waals surface area contributed by atoms with Crippen LogP contribution in [0.25, 0.3) is 0 Å². The summed E-state index contributed by atoms with van der Waals surface area (Å²) in [6.07, 6.45) is 3.13. The molecule has 0 bridgehead atoms. The van der Waals surface area contributed by atoms with Crippen molar-refractivity contribution in [2.24, 2.45) is 11.8 Å². The molecule has 1 unspecified atom stereocenters. The third-order valence-corrected chi connectivity index (χ3v) is 3.60. The van der Waals surface area contributed by atoms with Gasteiger partial charge in [-0.25, -0.2) is 0 Å². The third-order valence-electron chi connectivity index (χ3n) is 3.60. The van der Waals surface area contributed by atoms with Gasteiger partial charge in [0.05, 0.1) is 5.92 Å². The lowest BCUT2D eigenvalue weighted by atomic mass is 9.86. The largest absolute Gasteiger partial charge is 0.293 e. The smallest absolute Gasteiger partial charge is 0.174 e. The second-order valence-corrected chi connectivity index (χ2v) is 4.87. The lowest BCUT2D eigenvalue weighted by Crippen LogP contribution is -2.23. The van der Waals surface area contributed by atoms with Gasteiger partial charge in [0.15, 0.2) is 11.6 Å². The molecule has 0 amide bonds. The van der Waals surface area contributed by atoms with Crippen molar-refractivity contribution in [2.45, 2.75) is 33.1 Å². The second-order valence-electron chi connectivity index (χ2n) is 4.87. The monoisotopic (exact) mass is 230 g/mol. The molecule has 0 heterocycles. The topological polar surface area (TPSA) is 34.1 Å². The fourth-order valence-corrected chi connectivity index (χ4v) is 2.58. The zero-order valence-corrected chi connectivity index (χ0v) is 10.4. The average Bonchev–Trinajstić information content (AvgIpc) is 2.60. The van der Waals surface area contributed by atoms with Gasteiger partial charge in [0, 0.05) is 11.1 Å². The molecule has 0 spiro atoms. The zero-order valence-electron chi connectivity index (χ0n) is 10.4. The maximum atomic E-state index is 12.2. The Morgan fingerprint density at radius 3 is 2.12 bits per heavy atom. The molecule has 2 rings (SSSR count). The third kappa shape index (κ3) is 2.04. The molecule has 2 nitrogen and oxygen atoms in total. The summed E-state index contributed by atoms with van der Waals surface area (Å²) in [7, 11) is 0. The molecule has 0 aromatic heterocycles. The lowest BCUT2D eigenvalue weighted by Gasteiger charge is -2.15. The van der Waals surface area contributed by atoms with Crippen LogP contribution in [0.3, 0.4) is 0 Å². The van der Waals surface area contributed by atoms with E-state index < -0.39 is 5.92 Å². The minimum Gasteiger partial charge on any atom is -0.293 e. The Bertz CT molecular complexity index is 413. The van der Waals surface area contributed by atoms with Crippen LogP contribution in [0.5, 0.6) is 0 Å². The number of hydrogen-bond acceptors (Lipinski definition) is 2. The molecule has 1 aromatic rings. The summed E-state index contributed by atoms with van der Waals surface area (Å²) in [4.78, 5) is 24.4. The van der Waals surface area contributed by atoms with E-state index in [0.717, 1.165) is 19.3 Å². The molecule has 0 N–H and O–H groups in total. The molecule has 0 aliphatic heterocycles. The van der Waals surface area contributed by atoms with Crippen molar-refractivity contribution in [2.75, 3.05) is 0 Å². The highest BCUT2D eigenvalue weighted by Gasteiger charge is 2.40. The van der Waals surface area contributed by atoms with Crippen LogP contribution in [0, 0.1) is 11.8 Å². The fourth-order valence-electron chi connectivity index (χ4n) is 2.58. The van der Waals surface area contributed by atoms with Gasteiger partial charge in [-0.05, 0) is 12.3 Å². The van der Waals surface area contributed by atoms with Gasteiger partial charge in [0.1, 0.15) is 0 Å². The van der Waals surface area contributed by atoms with Gasteiger partial charge >= 0.3 is 0 Å². The van der Waals surface area contributed by atoms with Crippen LogP contribution in [-0.4, -0.2) is 11.6 Å². The van der Waals surface area contributed by atoms with Gasteiger partial charge in [-0.15, -0.1) is 0 Å². The summed E-state index contributed by atoms with van der Waals surface area (Å²) in [6.45, 7) is 4.14. The fraction of sp³-hybridized carbons (Fsp3) is 0.467. The quantitative estimate of drug-likeness (QED) is 0.742. The summed E-state index contributed by atoms with van der Waals surface area (Å²) >= 11 is 0. The Labute approximate surface area is 102 Å². The number of carbonyl (C=O) groups excluding carboxylic acids is 2. The van der Waals surface area contributed by atoms with Gasteiger partial charge in [-0.3, -0.25) is 9.59 Å². The number of rotatable bonds is 4. The molecule has 1 atom stereocenters. The van der Waals surface area contributed by atoms with E-state index in [1.165, 1.54) is 0 Å².